The molecule has 1 rings (SSSR count). The van der Waals surface area contributed by atoms with Crippen LogP contribution in [0, 0.1) is 0 Å². The Hall–Kier alpha value is -1.14. The number of unbranched alkanes of at least 4 members (excludes halogenated alkanes) is 1. The molecule has 0 bridgehead atoms. The summed E-state index contributed by atoms with van der Waals surface area (Å²) in [4.78, 5) is 15.6. The average Bonchev–Trinajstić information content (AvgIpc) is 2.82. The third kappa shape index (κ3) is 6.54. The van der Waals surface area contributed by atoms with E-state index in [2.05, 4.69) is 10.3 Å². The van der Waals surface area contributed by atoms with Crippen molar-refractivity contribution in [3.05, 3.63) is 11.1 Å². The number of aromatic nitrogens is 1. The second-order valence-electron chi connectivity index (χ2n) is 4.31. The van der Waals surface area contributed by atoms with Crippen LogP contribution < -0.4 is 5.32 Å². The number of hydrogen-bond acceptors (Lipinski definition) is 6. The molecule has 5 nitrogen and oxygen atoms in total. The Labute approximate surface area is 118 Å². The number of carbonyl (C=O) groups is 1. The van der Waals surface area contributed by atoms with Crippen molar-refractivity contribution in [2.45, 2.75) is 39.7 Å². The predicted octanol–water partition coefficient (Wildman–Crippen LogP) is 2.94. The molecule has 1 aromatic rings. The van der Waals surface area contributed by atoms with E-state index in [1.807, 2.05) is 13.8 Å². The summed E-state index contributed by atoms with van der Waals surface area (Å²) in [5, 5.41) is 5.66. The standard InChI is InChI=1S/C13H22N2O3S/c1-4-17-12(16)11-9-19-13(15-11)14-7-5-6-8-18-10(2)3/h9-10H,4-8H2,1-3H3,(H,14,15). The van der Waals surface area contributed by atoms with Crippen molar-refractivity contribution in [3.63, 3.8) is 0 Å². The monoisotopic (exact) mass is 286 g/mol. The van der Waals surface area contributed by atoms with Gasteiger partial charge in [-0.3, -0.25) is 0 Å². The van der Waals surface area contributed by atoms with Gasteiger partial charge in [-0.1, -0.05) is 0 Å². The lowest BCUT2D eigenvalue weighted by Crippen LogP contribution is -2.08. The van der Waals surface area contributed by atoms with Crippen LogP contribution in [-0.2, 0) is 9.47 Å². The molecule has 0 radical (unpaired) electrons. The average molecular weight is 286 g/mol. The zero-order valence-corrected chi connectivity index (χ0v) is 12.6. The Balaban J connectivity index is 2.18. The van der Waals surface area contributed by atoms with Crippen molar-refractivity contribution in [1.29, 1.82) is 0 Å². The molecule has 0 aliphatic carbocycles. The topological polar surface area (TPSA) is 60.5 Å². The maximum absolute atomic E-state index is 11.4. The van der Waals surface area contributed by atoms with E-state index in [0.717, 1.165) is 31.1 Å². The number of thiazole rings is 1. The van der Waals surface area contributed by atoms with Gasteiger partial charge < -0.3 is 14.8 Å². The first-order chi connectivity index (χ1) is 9.13. The van der Waals surface area contributed by atoms with Crippen LogP contribution in [0.2, 0.25) is 0 Å². The Morgan fingerprint density at radius 2 is 2.26 bits per heavy atom. The summed E-state index contributed by atoms with van der Waals surface area (Å²) in [7, 11) is 0. The summed E-state index contributed by atoms with van der Waals surface area (Å²) in [5.74, 6) is -0.364. The van der Waals surface area contributed by atoms with Gasteiger partial charge in [-0.25, -0.2) is 9.78 Å². The molecule has 1 N–H and O–H groups in total. The molecule has 108 valence electrons. The first-order valence-corrected chi connectivity index (χ1v) is 7.49. The van der Waals surface area contributed by atoms with Gasteiger partial charge in [-0.05, 0) is 33.6 Å². The highest BCUT2D eigenvalue weighted by Crippen LogP contribution is 2.16. The third-order valence-electron chi connectivity index (χ3n) is 2.29. The summed E-state index contributed by atoms with van der Waals surface area (Å²) in [5.41, 5.74) is 0.373. The predicted molar refractivity (Wildman–Crippen MR) is 76.9 cm³/mol. The number of carbonyl (C=O) groups excluding carboxylic acids is 1. The van der Waals surface area contributed by atoms with Crippen LogP contribution in [0.4, 0.5) is 5.13 Å². The van der Waals surface area contributed by atoms with Crippen molar-refractivity contribution in [2.24, 2.45) is 0 Å². The van der Waals surface area contributed by atoms with E-state index in [4.69, 9.17) is 9.47 Å². The fourth-order valence-corrected chi connectivity index (χ4v) is 2.10. The van der Waals surface area contributed by atoms with Gasteiger partial charge >= 0.3 is 5.97 Å². The molecule has 1 heterocycles. The van der Waals surface area contributed by atoms with Gasteiger partial charge in [-0.15, -0.1) is 11.3 Å². The first-order valence-electron chi connectivity index (χ1n) is 6.61. The third-order valence-corrected chi connectivity index (χ3v) is 3.09. The minimum absolute atomic E-state index is 0.291. The summed E-state index contributed by atoms with van der Waals surface area (Å²) in [6.07, 6.45) is 2.32. The van der Waals surface area contributed by atoms with Crippen LogP contribution in [0.25, 0.3) is 0 Å². The van der Waals surface area contributed by atoms with Crippen LogP contribution in [0.1, 0.15) is 44.1 Å². The number of hydrogen-bond donors (Lipinski definition) is 1. The Kier molecular flexibility index (Phi) is 7.43. The normalized spacial score (nSPS) is 10.7. The number of nitrogens with zero attached hydrogens (tertiary/aromatic N) is 1. The summed E-state index contributed by atoms with van der Waals surface area (Å²) in [6, 6.07) is 0. The van der Waals surface area contributed by atoms with Gasteiger partial charge in [0.2, 0.25) is 0 Å². The minimum Gasteiger partial charge on any atom is -0.461 e. The molecular weight excluding hydrogens is 264 g/mol. The van der Waals surface area contributed by atoms with Gasteiger partial charge in [-0.2, -0.15) is 0 Å². The molecule has 0 aromatic carbocycles. The van der Waals surface area contributed by atoms with Crippen molar-refractivity contribution < 1.29 is 14.3 Å². The zero-order valence-electron chi connectivity index (χ0n) is 11.8. The number of nitrogens with one attached hydrogen (secondary N) is 1. The molecule has 0 amide bonds. The smallest absolute Gasteiger partial charge is 0.357 e. The highest BCUT2D eigenvalue weighted by atomic mass is 32.1. The number of anilines is 1. The molecule has 0 atom stereocenters. The molecule has 0 aliphatic heterocycles. The molecule has 19 heavy (non-hydrogen) atoms. The molecule has 0 saturated heterocycles. The quantitative estimate of drug-likeness (QED) is 0.558. The van der Waals surface area contributed by atoms with E-state index in [-0.39, 0.29) is 5.97 Å². The molecule has 0 spiro atoms. The van der Waals surface area contributed by atoms with E-state index in [9.17, 15) is 4.79 Å². The molecule has 1 aromatic heterocycles. The van der Waals surface area contributed by atoms with Gasteiger partial charge in [0.1, 0.15) is 0 Å². The van der Waals surface area contributed by atoms with E-state index in [1.165, 1.54) is 11.3 Å². The lowest BCUT2D eigenvalue weighted by molar-refractivity contribution is 0.0520. The van der Waals surface area contributed by atoms with E-state index >= 15 is 0 Å². The largest absolute Gasteiger partial charge is 0.461 e. The van der Waals surface area contributed by atoms with E-state index in [0.29, 0.717) is 18.4 Å². The fourth-order valence-electron chi connectivity index (χ4n) is 1.40. The maximum atomic E-state index is 11.4. The summed E-state index contributed by atoms with van der Waals surface area (Å²) < 4.78 is 10.3. The van der Waals surface area contributed by atoms with Crippen LogP contribution in [0.3, 0.4) is 0 Å². The minimum atomic E-state index is -0.364. The van der Waals surface area contributed by atoms with Crippen molar-refractivity contribution >= 4 is 22.4 Å². The molecule has 0 aliphatic rings. The highest BCUT2D eigenvalue weighted by Gasteiger charge is 2.10. The zero-order chi connectivity index (χ0) is 14.1. The maximum Gasteiger partial charge on any atom is 0.357 e. The Morgan fingerprint density at radius 1 is 1.47 bits per heavy atom. The van der Waals surface area contributed by atoms with Gasteiger partial charge in [0.15, 0.2) is 10.8 Å². The van der Waals surface area contributed by atoms with E-state index in [1.54, 1.807) is 12.3 Å². The van der Waals surface area contributed by atoms with Crippen LogP contribution in [-0.4, -0.2) is 36.8 Å². The first kappa shape index (κ1) is 15.9. The van der Waals surface area contributed by atoms with E-state index < -0.39 is 0 Å². The van der Waals surface area contributed by atoms with Crippen LogP contribution in [0.5, 0.6) is 0 Å². The fraction of sp³-hybridized carbons (Fsp3) is 0.692. The number of rotatable bonds is 9. The van der Waals surface area contributed by atoms with Crippen LogP contribution >= 0.6 is 11.3 Å². The van der Waals surface area contributed by atoms with Crippen LogP contribution in [0.15, 0.2) is 5.38 Å². The Bertz CT molecular complexity index is 380. The summed E-state index contributed by atoms with van der Waals surface area (Å²) >= 11 is 1.42. The van der Waals surface area contributed by atoms with Crippen molar-refractivity contribution in [3.8, 4) is 0 Å². The number of ether oxygens (including phenoxy) is 2. The highest BCUT2D eigenvalue weighted by molar-refractivity contribution is 7.13. The molecule has 0 unspecified atom stereocenters. The molecular formula is C13H22N2O3S. The van der Waals surface area contributed by atoms with Crippen molar-refractivity contribution in [1.82, 2.24) is 4.98 Å². The molecule has 0 fully saturated rings. The van der Waals surface area contributed by atoms with Gasteiger partial charge in [0.05, 0.1) is 12.7 Å². The lowest BCUT2D eigenvalue weighted by atomic mass is 10.3. The van der Waals surface area contributed by atoms with Gasteiger partial charge in [0.25, 0.3) is 0 Å². The summed E-state index contributed by atoms with van der Waals surface area (Å²) in [6.45, 7) is 7.83. The molecule has 6 heteroatoms. The Morgan fingerprint density at radius 3 is 2.95 bits per heavy atom. The lowest BCUT2D eigenvalue weighted by Gasteiger charge is -2.07. The SMILES string of the molecule is CCOC(=O)c1csc(NCCCCOC(C)C)n1. The second kappa shape index (κ2) is 8.87. The molecule has 0 saturated carbocycles. The second-order valence-corrected chi connectivity index (χ2v) is 5.17. The number of esters is 1. The van der Waals surface area contributed by atoms with Gasteiger partial charge in [0, 0.05) is 18.5 Å². The van der Waals surface area contributed by atoms with Crippen molar-refractivity contribution in [2.75, 3.05) is 25.1 Å².